The molecule has 0 aromatic rings. The van der Waals surface area contributed by atoms with Gasteiger partial charge in [-0.05, 0) is 30.3 Å². The summed E-state index contributed by atoms with van der Waals surface area (Å²) < 4.78 is 10.4. The zero-order valence-electron chi connectivity index (χ0n) is 19.0. The van der Waals surface area contributed by atoms with Crippen LogP contribution < -0.4 is 16.0 Å². The van der Waals surface area contributed by atoms with Crippen LogP contribution in [-0.2, 0) is 19.1 Å². The molecule has 0 radical (unpaired) electrons. The van der Waals surface area contributed by atoms with Crippen LogP contribution in [0.15, 0.2) is 10.2 Å². The minimum atomic E-state index is -1.50. The first-order chi connectivity index (χ1) is 16.3. The van der Waals surface area contributed by atoms with Crippen LogP contribution in [0.2, 0.25) is 0 Å². The fraction of sp³-hybridized carbons (Fsp3) is 0.889. The van der Waals surface area contributed by atoms with Crippen molar-refractivity contribution in [1.29, 1.82) is 0 Å². The van der Waals surface area contributed by atoms with Crippen LogP contribution in [0.1, 0.15) is 25.7 Å². The Labute approximate surface area is 196 Å². The van der Waals surface area contributed by atoms with E-state index in [1.54, 1.807) is 0 Å². The molecule has 1 rings (SSSR count). The van der Waals surface area contributed by atoms with Crippen LogP contribution in [-0.4, -0.2) is 104 Å². The molecule has 0 bridgehead atoms. The Balaban J connectivity index is 2.65. The molecule has 1 aliphatic heterocycles. The summed E-state index contributed by atoms with van der Waals surface area (Å²) in [5, 5.41) is 45.1. The molecule has 0 aromatic heterocycles. The lowest BCUT2D eigenvalue weighted by atomic mass is 9.98. The van der Waals surface area contributed by atoms with Gasteiger partial charge >= 0.3 is 0 Å². The highest BCUT2D eigenvalue weighted by atomic mass is 16.7. The molecule has 34 heavy (non-hydrogen) atoms. The molecular formula is C18H33N9O7. The van der Waals surface area contributed by atoms with E-state index in [4.69, 9.17) is 20.5 Å². The number of carbonyl (C=O) groups is 2. The lowest BCUT2D eigenvalue weighted by molar-refractivity contribution is -0.288. The SMILES string of the molecule is CO[C@@H]1OC(CNC(CCC(=O)NCCCN=[N+]=[N-])C(=O)NCCCN=[N+]=[N-])[C@H](O)[C@H](O)C1O. The smallest absolute Gasteiger partial charge is 0.237 e. The van der Waals surface area contributed by atoms with Crippen molar-refractivity contribution in [1.82, 2.24) is 16.0 Å². The summed E-state index contributed by atoms with van der Waals surface area (Å²) in [5.41, 5.74) is 16.5. The number of hydrogen-bond acceptors (Lipinski definition) is 10. The third-order valence-electron chi connectivity index (χ3n) is 5.06. The topological polar surface area (TPSA) is 247 Å². The van der Waals surface area contributed by atoms with E-state index in [2.05, 4.69) is 36.0 Å². The van der Waals surface area contributed by atoms with Crippen molar-refractivity contribution < 1.29 is 34.4 Å². The number of rotatable bonds is 16. The van der Waals surface area contributed by atoms with Crippen molar-refractivity contribution in [3.8, 4) is 0 Å². The largest absolute Gasteiger partial charge is 0.388 e. The molecule has 16 nitrogen and oxygen atoms in total. The van der Waals surface area contributed by atoms with Crippen molar-refractivity contribution in [3.05, 3.63) is 20.9 Å². The summed E-state index contributed by atoms with van der Waals surface area (Å²) >= 11 is 0. The van der Waals surface area contributed by atoms with Crippen molar-refractivity contribution >= 4 is 11.8 Å². The van der Waals surface area contributed by atoms with E-state index in [-0.39, 0.29) is 44.9 Å². The number of amides is 2. The minimum absolute atomic E-state index is 0.0153. The highest BCUT2D eigenvalue weighted by Gasteiger charge is 2.44. The summed E-state index contributed by atoms with van der Waals surface area (Å²) in [6, 6.07) is -0.839. The maximum atomic E-state index is 12.6. The van der Waals surface area contributed by atoms with E-state index in [0.29, 0.717) is 19.4 Å². The molecule has 1 saturated heterocycles. The van der Waals surface area contributed by atoms with Crippen molar-refractivity contribution in [3.63, 3.8) is 0 Å². The number of nitrogens with zero attached hydrogens (tertiary/aromatic N) is 6. The number of hydrogen-bond donors (Lipinski definition) is 6. The minimum Gasteiger partial charge on any atom is -0.388 e. The predicted molar refractivity (Wildman–Crippen MR) is 118 cm³/mol. The Morgan fingerprint density at radius 2 is 1.65 bits per heavy atom. The van der Waals surface area contributed by atoms with E-state index < -0.39 is 42.7 Å². The quantitative estimate of drug-likeness (QED) is 0.0666. The number of methoxy groups -OCH3 is 1. The molecule has 3 unspecified atom stereocenters. The summed E-state index contributed by atoms with van der Waals surface area (Å²) in [4.78, 5) is 30.0. The molecule has 0 aliphatic carbocycles. The molecule has 0 spiro atoms. The van der Waals surface area contributed by atoms with Crippen LogP contribution in [0.5, 0.6) is 0 Å². The number of nitrogens with one attached hydrogen (secondary N) is 3. The van der Waals surface area contributed by atoms with Crippen LogP contribution in [0.4, 0.5) is 0 Å². The summed E-state index contributed by atoms with van der Waals surface area (Å²) in [7, 11) is 1.28. The Bertz CT molecular complexity index is 729. The molecule has 6 atom stereocenters. The van der Waals surface area contributed by atoms with Gasteiger partial charge in [-0.25, -0.2) is 0 Å². The fourth-order valence-corrected chi connectivity index (χ4v) is 3.18. The predicted octanol–water partition coefficient (Wildman–Crippen LogP) is -1.19. The Morgan fingerprint density at radius 1 is 1.03 bits per heavy atom. The van der Waals surface area contributed by atoms with Crippen molar-refractivity contribution in [2.45, 2.75) is 62.4 Å². The van der Waals surface area contributed by atoms with Gasteiger partial charge in [0.15, 0.2) is 6.29 Å². The van der Waals surface area contributed by atoms with Gasteiger partial charge in [0, 0.05) is 56.1 Å². The lowest BCUT2D eigenvalue weighted by Crippen LogP contribution is -2.61. The van der Waals surface area contributed by atoms with Gasteiger partial charge in [-0.2, -0.15) is 0 Å². The second-order valence-corrected chi connectivity index (χ2v) is 7.51. The first-order valence-corrected chi connectivity index (χ1v) is 10.9. The lowest BCUT2D eigenvalue weighted by Gasteiger charge is -2.40. The fourth-order valence-electron chi connectivity index (χ4n) is 3.18. The van der Waals surface area contributed by atoms with Crippen LogP contribution in [0, 0.1) is 0 Å². The van der Waals surface area contributed by atoms with Gasteiger partial charge in [0.25, 0.3) is 0 Å². The van der Waals surface area contributed by atoms with E-state index in [0.717, 1.165) is 0 Å². The Hall–Kier alpha value is -2.68. The number of carbonyl (C=O) groups excluding carboxylic acids is 2. The van der Waals surface area contributed by atoms with Gasteiger partial charge in [-0.15, -0.1) is 0 Å². The normalized spacial score (nSPS) is 24.9. The summed E-state index contributed by atoms with van der Waals surface area (Å²) in [5.74, 6) is -0.706. The van der Waals surface area contributed by atoms with E-state index in [1.807, 2.05) is 0 Å². The standard InChI is InChI=1S/C18H33N9O7/c1-33-18-16(31)15(30)14(29)12(34-18)10-23-11(17(32)22-7-3-9-25-27-20)4-5-13(28)21-6-2-8-24-26-19/h11-12,14-16,18,23,29-31H,2-10H2,1H3,(H,21,28)(H,22,32)/t11?,12?,14-,15-,16?,18+/m0/s1. The molecule has 0 saturated carbocycles. The monoisotopic (exact) mass is 487 g/mol. The first kappa shape index (κ1) is 29.4. The first-order valence-electron chi connectivity index (χ1n) is 10.9. The average molecular weight is 488 g/mol. The maximum Gasteiger partial charge on any atom is 0.237 e. The molecule has 0 aromatic carbocycles. The van der Waals surface area contributed by atoms with E-state index >= 15 is 0 Å². The molecule has 1 aliphatic rings. The zero-order valence-corrected chi connectivity index (χ0v) is 19.0. The Kier molecular flexibility index (Phi) is 14.6. The molecule has 16 heteroatoms. The molecule has 1 heterocycles. The summed E-state index contributed by atoms with van der Waals surface area (Å²) in [6.45, 7) is 0.971. The van der Waals surface area contributed by atoms with Crippen LogP contribution in [0.25, 0.3) is 20.9 Å². The van der Waals surface area contributed by atoms with E-state index in [1.165, 1.54) is 7.11 Å². The van der Waals surface area contributed by atoms with Crippen LogP contribution >= 0.6 is 0 Å². The molecule has 2 amide bonds. The van der Waals surface area contributed by atoms with Gasteiger partial charge in [0.2, 0.25) is 11.8 Å². The molecule has 6 N–H and O–H groups in total. The number of azide groups is 2. The van der Waals surface area contributed by atoms with Gasteiger partial charge < -0.3 is 40.7 Å². The van der Waals surface area contributed by atoms with Gasteiger partial charge in [-0.3, -0.25) is 9.59 Å². The zero-order chi connectivity index (χ0) is 25.3. The van der Waals surface area contributed by atoms with Crippen molar-refractivity contribution in [2.75, 3.05) is 39.8 Å². The highest BCUT2D eigenvalue weighted by molar-refractivity contribution is 5.83. The number of aliphatic hydroxyl groups excluding tert-OH is 3. The maximum absolute atomic E-state index is 12.6. The highest BCUT2D eigenvalue weighted by Crippen LogP contribution is 2.21. The second-order valence-electron chi connectivity index (χ2n) is 7.51. The number of ether oxygens (including phenoxy) is 2. The van der Waals surface area contributed by atoms with Gasteiger partial charge in [-0.1, -0.05) is 10.2 Å². The van der Waals surface area contributed by atoms with Gasteiger partial charge in [0.1, 0.15) is 24.4 Å². The second kappa shape index (κ2) is 16.9. The van der Waals surface area contributed by atoms with Crippen LogP contribution in [0.3, 0.4) is 0 Å². The molecular weight excluding hydrogens is 454 g/mol. The number of aliphatic hydroxyl groups is 3. The Morgan fingerprint density at radius 3 is 2.24 bits per heavy atom. The van der Waals surface area contributed by atoms with Crippen molar-refractivity contribution in [2.24, 2.45) is 10.2 Å². The third-order valence-corrected chi connectivity index (χ3v) is 5.06. The van der Waals surface area contributed by atoms with E-state index in [9.17, 15) is 24.9 Å². The third kappa shape index (κ3) is 10.5. The average Bonchev–Trinajstić information content (AvgIpc) is 2.83. The molecule has 192 valence electrons. The summed E-state index contributed by atoms with van der Waals surface area (Å²) in [6.07, 6.45) is -5.47. The van der Waals surface area contributed by atoms with Gasteiger partial charge in [0.05, 0.1) is 6.04 Å². The molecule has 1 fully saturated rings.